The first-order valence-corrected chi connectivity index (χ1v) is 9.79. The second-order valence-corrected chi connectivity index (χ2v) is 7.29. The van der Waals surface area contributed by atoms with Gasteiger partial charge in [0.25, 0.3) is 0 Å². The highest BCUT2D eigenvalue weighted by atomic mass is 16.4. The number of carbonyl (C=O) groups excluding carboxylic acids is 2. The molecule has 2 unspecified atom stereocenters. The van der Waals surface area contributed by atoms with Gasteiger partial charge >= 0.3 is 5.97 Å². The predicted molar refractivity (Wildman–Crippen MR) is 103 cm³/mol. The smallest absolute Gasteiger partial charge is 0.308 e. The van der Waals surface area contributed by atoms with Gasteiger partial charge in [-0.2, -0.15) is 0 Å². The second-order valence-electron chi connectivity index (χ2n) is 7.29. The standard InChI is InChI=1S/C21H30N2O4/c1-16(24)23(14-13-17-9-5-4-6-10-17)15-20(25)22-19-12-8-3-2-7-11-18(19)21(26)27/h4-6,9-10,18-19H,2-3,7-8,11-15H2,1H3,(H,22,25)(H,26,27). The van der Waals surface area contributed by atoms with Gasteiger partial charge in [0.1, 0.15) is 0 Å². The number of hydrogen-bond donors (Lipinski definition) is 2. The summed E-state index contributed by atoms with van der Waals surface area (Å²) in [5.74, 6) is -1.84. The Morgan fingerprint density at radius 3 is 2.37 bits per heavy atom. The van der Waals surface area contributed by atoms with Gasteiger partial charge < -0.3 is 15.3 Å². The van der Waals surface area contributed by atoms with E-state index in [9.17, 15) is 19.5 Å². The molecule has 1 aliphatic rings. The van der Waals surface area contributed by atoms with Crippen molar-refractivity contribution in [3.05, 3.63) is 35.9 Å². The van der Waals surface area contributed by atoms with Crippen molar-refractivity contribution in [3.8, 4) is 0 Å². The molecule has 0 saturated heterocycles. The molecule has 0 aliphatic heterocycles. The van der Waals surface area contributed by atoms with Crippen molar-refractivity contribution in [2.24, 2.45) is 5.92 Å². The van der Waals surface area contributed by atoms with E-state index in [1.54, 1.807) is 0 Å². The van der Waals surface area contributed by atoms with Crippen LogP contribution >= 0.6 is 0 Å². The number of nitrogens with one attached hydrogen (secondary N) is 1. The third kappa shape index (κ3) is 7.04. The van der Waals surface area contributed by atoms with Crippen molar-refractivity contribution in [1.29, 1.82) is 0 Å². The quantitative estimate of drug-likeness (QED) is 0.768. The molecule has 1 aromatic carbocycles. The molecule has 0 bridgehead atoms. The highest BCUT2D eigenvalue weighted by molar-refractivity contribution is 5.84. The lowest BCUT2D eigenvalue weighted by atomic mass is 9.87. The van der Waals surface area contributed by atoms with Crippen LogP contribution in [-0.2, 0) is 20.8 Å². The zero-order valence-electron chi connectivity index (χ0n) is 16.0. The normalized spacial score (nSPS) is 20.2. The third-order valence-corrected chi connectivity index (χ3v) is 5.22. The Bertz CT molecular complexity index is 632. The number of hydrogen-bond acceptors (Lipinski definition) is 3. The lowest BCUT2D eigenvalue weighted by Gasteiger charge is -2.28. The summed E-state index contributed by atoms with van der Waals surface area (Å²) < 4.78 is 0. The Morgan fingerprint density at radius 1 is 1.07 bits per heavy atom. The number of amides is 2. The van der Waals surface area contributed by atoms with Crippen molar-refractivity contribution >= 4 is 17.8 Å². The van der Waals surface area contributed by atoms with Crippen LogP contribution in [-0.4, -0.2) is 46.9 Å². The van der Waals surface area contributed by atoms with Crippen molar-refractivity contribution in [2.45, 2.75) is 57.9 Å². The molecule has 6 nitrogen and oxygen atoms in total. The molecule has 0 spiro atoms. The molecule has 1 aliphatic carbocycles. The minimum absolute atomic E-state index is 0.0367. The van der Waals surface area contributed by atoms with Gasteiger partial charge in [-0.15, -0.1) is 0 Å². The molecule has 6 heteroatoms. The summed E-state index contributed by atoms with van der Waals surface area (Å²) in [5, 5.41) is 12.4. The molecule has 2 N–H and O–H groups in total. The van der Waals surface area contributed by atoms with Gasteiger partial charge in [0.15, 0.2) is 0 Å². The molecule has 27 heavy (non-hydrogen) atoms. The summed E-state index contributed by atoms with van der Waals surface area (Å²) >= 11 is 0. The van der Waals surface area contributed by atoms with Gasteiger partial charge in [0.05, 0.1) is 12.5 Å². The molecule has 0 aromatic heterocycles. The summed E-state index contributed by atoms with van der Waals surface area (Å²) in [6, 6.07) is 9.45. The first kappa shape index (κ1) is 20.9. The fraction of sp³-hybridized carbons (Fsp3) is 0.571. The number of carboxylic acid groups (broad SMARTS) is 1. The Balaban J connectivity index is 1.92. The number of carbonyl (C=O) groups is 3. The molecular formula is C21H30N2O4. The van der Waals surface area contributed by atoms with Gasteiger partial charge in [0.2, 0.25) is 11.8 Å². The van der Waals surface area contributed by atoms with E-state index in [1.807, 2.05) is 30.3 Å². The largest absolute Gasteiger partial charge is 0.481 e. The van der Waals surface area contributed by atoms with Crippen molar-refractivity contribution in [2.75, 3.05) is 13.1 Å². The van der Waals surface area contributed by atoms with Gasteiger partial charge in [-0.3, -0.25) is 14.4 Å². The van der Waals surface area contributed by atoms with E-state index in [4.69, 9.17) is 0 Å². The summed E-state index contributed by atoms with van der Waals surface area (Å²) in [5.41, 5.74) is 1.11. The van der Waals surface area contributed by atoms with Crippen molar-refractivity contribution < 1.29 is 19.5 Å². The zero-order valence-corrected chi connectivity index (χ0v) is 16.0. The first-order valence-electron chi connectivity index (χ1n) is 9.79. The van der Waals surface area contributed by atoms with E-state index in [0.717, 1.165) is 31.2 Å². The van der Waals surface area contributed by atoms with Gasteiger partial charge in [-0.1, -0.05) is 56.0 Å². The Labute approximate surface area is 160 Å². The van der Waals surface area contributed by atoms with Crippen LogP contribution in [0.3, 0.4) is 0 Å². The average Bonchev–Trinajstić information content (AvgIpc) is 2.61. The monoisotopic (exact) mass is 374 g/mol. The van der Waals surface area contributed by atoms with Crippen molar-refractivity contribution in [3.63, 3.8) is 0 Å². The summed E-state index contributed by atoms with van der Waals surface area (Å²) in [4.78, 5) is 37.5. The van der Waals surface area contributed by atoms with E-state index in [2.05, 4.69) is 5.32 Å². The number of nitrogens with zero attached hydrogens (tertiary/aromatic N) is 1. The highest BCUT2D eigenvalue weighted by Gasteiger charge is 2.30. The minimum atomic E-state index is -0.852. The topological polar surface area (TPSA) is 86.7 Å². The number of benzene rings is 1. The number of carboxylic acids is 1. The molecular weight excluding hydrogens is 344 g/mol. The SMILES string of the molecule is CC(=O)N(CCc1ccccc1)CC(=O)NC1CCCCCCC1C(=O)O. The Morgan fingerprint density at radius 2 is 1.74 bits per heavy atom. The molecule has 148 valence electrons. The van der Waals surface area contributed by atoms with E-state index in [1.165, 1.54) is 11.8 Å². The van der Waals surface area contributed by atoms with E-state index < -0.39 is 11.9 Å². The van der Waals surface area contributed by atoms with Crippen LogP contribution in [0.15, 0.2) is 30.3 Å². The fourth-order valence-corrected chi connectivity index (χ4v) is 3.64. The Kier molecular flexibility index (Phi) is 8.30. The lowest BCUT2D eigenvalue weighted by Crippen LogP contribution is -2.48. The van der Waals surface area contributed by atoms with E-state index in [-0.39, 0.29) is 24.4 Å². The van der Waals surface area contributed by atoms with Gasteiger partial charge in [0, 0.05) is 19.5 Å². The fourth-order valence-electron chi connectivity index (χ4n) is 3.64. The second kappa shape index (κ2) is 10.7. The van der Waals surface area contributed by atoms with Gasteiger partial charge in [-0.25, -0.2) is 0 Å². The van der Waals surface area contributed by atoms with Crippen LogP contribution in [0.4, 0.5) is 0 Å². The maximum absolute atomic E-state index is 12.5. The number of aliphatic carboxylic acids is 1. The molecule has 0 radical (unpaired) electrons. The average molecular weight is 374 g/mol. The van der Waals surface area contributed by atoms with Gasteiger partial charge in [-0.05, 0) is 24.8 Å². The maximum Gasteiger partial charge on any atom is 0.308 e. The first-order chi connectivity index (χ1) is 13.0. The summed E-state index contributed by atoms with van der Waals surface area (Å²) in [6.07, 6.45) is 5.84. The summed E-state index contributed by atoms with van der Waals surface area (Å²) in [6.45, 7) is 1.87. The molecule has 1 fully saturated rings. The lowest BCUT2D eigenvalue weighted by molar-refractivity contribution is -0.144. The molecule has 1 aromatic rings. The molecule has 0 heterocycles. The third-order valence-electron chi connectivity index (χ3n) is 5.22. The molecule has 2 rings (SSSR count). The highest BCUT2D eigenvalue weighted by Crippen LogP contribution is 2.23. The molecule has 2 atom stereocenters. The molecule has 1 saturated carbocycles. The van der Waals surface area contributed by atoms with Crippen molar-refractivity contribution in [1.82, 2.24) is 10.2 Å². The predicted octanol–water partition coefficient (Wildman–Crippen LogP) is 2.62. The van der Waals surface area contributed by atoms with Crippen LogP contribution in [0.1, 0.15) is 51.0 Å². The minimum Gasteiger partial charge on any atom is -0.481 e. The zero-order chi connectivity index (χ0) is 19.6. The van der Waals surface area contributed by atoms with Crippen LogP contribution in [0.5, 0.6) is 0 Å². The molecule has 2 amide bonds. The summed E-state index contributed by atoms with van der Waals surface area (Å²) in [7, 11) is 0. The number of rotatable bonds is 7. The van der Waals surface area contributed by atoms with E-state index >= 15 is 0 Å². The Hall–Kier alpha value is -2.37. The maximum atomic E-state index is 12.5. The van der Waals surface area contributed by atoms with E-state index in [0.29, 0.717) is 25.8 Å². The van der Waals surface area contributed by atoms with Crippen LogP contribution < -0.4 is 5.32 Å². The van der Waals surface area contributed by atoms with Crippen LogP contribution in [0.2, 0.25) is 0 Å². The van der Waals surface area contributed by atoms with Crippen LogP contribution in [0, 0.1) is 5.92 Å². The van der Waals surface area contributed by atoms with Crippen LogP contribution in [0.25, 0.3) is 0 Å².